The molecule has 1 amide bonds. The number of hydrogen-bond acceptors (Lipinski definition) is 3. The lowest BCUT2D eigenvalue weighted by Gasteiger charge is -2.49. The molecule has 0 aromatic rings. The number of aliphatic hydroxyl groups is 1. The van der Waals surface area contributed by atoms with Crippen LogP contribution >= 0.6 is 0 Å². The van der Waals surface area contributed by atoms with Gasteiger partial charge < -0.3 is 10.8 Å². The largest absolute Gasteiger partial charge is 0.387 e. The lowest BCUT2D eigenvalue weighted by Crippen LogP contribution is -2.65. The van der Waals surface area contributed by atoms with E-state index in [9.17, 15) is 9.90 Å². The van der Waals surface area contributed by atoms with Crippen LogP contribution in [-0.2, 0) is 4.79 Å². The SMILES string of the molecule is CC(CN1CC(O)(C(C)C)C1)C(N)=O. The molecule has 4 heteroatoms. The minimum absolute atomic E-state index is 0.133. The molecule has 1 atom stereocenters. The number of rotatable bonds is 4. The Labute approximate surface area is 85.1 Å². The third-order valence-electron chi connectivity index (χ3n) is 3.09. The molecular weight excluding hydrogens is 180 g/mol. The van der Waals surface area contributed by atoms with E-state index in [2.05, 4.69) is 4.90 Å². The number of carbonyl (C=O) groups excluding carboxylic acids is 1. The Hall–Kier alpha value is -0.610. The maximum atomic E-state index is 10.8. The topological polar surface area (TPSA) is 66.6 Å². The fourth-order valence-corrected chi connectivity index (χ4v) is 1.70. The zero-order valence-corrected chi connectivity index (χ0v) is 9.16. The summed E-state index contributed by atoms with van der Waals surface area (Å²) in [5.41, 5.74) is 4.60. The van der Waals surface area contributed by atoms with Crippen molar-refractivity contribution in [1.82, 2.24) is 4.90 Å². The molecular formula is C10H20N2O2. The summed E-state index contributed by atoms with van der Waals surface area (Å²) in [6, 6.07) is 0. The molecule has 0 aromatic carbocycles. The predicted molar refractivity (Wildman–Crippen MR) is 54.6 cm³/mol. The first-order valence-corrected chi connectivity index (χ1v) is 5.09. The van der Waals surface area contributed by atoms with Gasteiger partial charge in [0.2, 0.25) is 5.91 Å². The van der Waals surface area contributed by atoms with E-state index >= 15 is 0 Å². The van der Waals surface area contributed by atoms with Gasteiger partial charge in [-0.05, 0) is 5.92 Å². The molecule has 4 nitrogen and oxygen atoms in total. The first-order valence-electron chi connectivity index (χ1n) is 5.09. The average molecular weight is 200 g/mol. The summed E-state index contributed by atoms with van der Waals surface area (Å²) < 4.78 is 0. The number of carbonyl (C=O) groups is 1. The standard InChI is InChI=1S/C10H20N2O2/c1-7(2)10(14)5-12(6-10)4-8(3)9(11)13/h7-8,14H,4-6H2,1-3H3,(H2,11,13). The quantitative estimate of drug-likeness (QED) is 0.661. The van der Waals surface area contributed by atoms with Crippen LogP contribution in [0.3, 0.4) is 0 Å². The Bertz CT molecular complexity index is 222. The van der Waals surface area contributed by atoms with E-state index in [1.54, 1.807) is 0 Å². The van der Waals surface area contributed by atoms with Crippen LogP contribution in [0.25, 0.3) is 0 Å². The van der Waals surface area contributed by atoms with Crippen molar-refractivity contribution in [3.8, 4) is 0 Å². The molecule has 3 N–H and O–H groups in total. The van der Waals surface area contributed by atoms with Crippen molar-refractivity contribution < 1.29 is 9.90 Å². The van der Waals surface area contributed by atoms with Gasteiger partial charge in [-0.25, -0.2) is 0 Å². The molecule has 1 unspecified atom stereocenters. The van der Waals surface area contributed by atoms with E-state index in [-0.39, 0.29) is 17.7 Å². The van der Waals surface area contributed by atoms with Gasteiger partial charge >= 0.3 is 0 Å². The number of hydrogen-bond donors (Lipinski definition) is 2. The highest BCUT2D eigenvalue weighted by Gasteiger charge is 2.43. The average Bonchev–Trinajstić information content (AvgIpc) is 2.00. The maximum absolute atomic E-state index is 10.8. The van der Waals surface area contributed by atoms with Gasteiger partial charge in [-0.2, -0.15) is 0 Å². The van der Waals surface area contributed by atoms with Gasteiger partial charge in [-0.15, -0.1) is 0 Å². The molecule has 0 spiro atoms. The molecule has 0 radical (unpaired) electrons. The van der Waals surface area contributed by atoms with E-state index in [1.165, 1.54) is 0 Å². The monoisotopic (exact) mass is 200 g/mol. The Kier molecular flexibility index (Phi) is 3.17. The van der Waals surface area contributed by atoms with E-state index in [0.29, 0.717) is 19.6 Å². The Morgan fingerprint density at radius 1 is 1.50 bits per heavy atom. The molecule has 1 aliphatic heterocycles. The van der Waals surface area contributed by atoms with Crippen molar-refractivity contribution in [2.75, 3.05) is 19.6 Å². The maximum Gasteiger partial charge on any atom is 0.221 e. The summed E-state index contributed by atoms with van der Waals surface area (Å²) in [6.45, 7) is 7.80. The summed E-state index contributed by atoms with van der Waals surface area (Å²) in [4.78, 5) is 12.9. The first-order chi connectivity index (χ1) is 6.35. The van der Waals surface area contributed by atoms with Crippen LogP contribution in [0.1, 0.15) is 20.8 Å². The van der Waals surface area contributed by atoms with Crippen molar-refractivity contribution in [3.63, 3.8) is 0 Å². The minimum Gasteiger partial charge on any atom is -0.387 e. The number of primary amides is 1. The minimum atomic E-state index is -0.558. The summed E-state index contributed by atoms with van der Waals surface area (Å²) >= 11 is 0. The van der Waals surface area contributed by atoms with Gasteiger partial charge in [0.1, 0.15) is 0 Å². The molecule has 1 rings (SSSR count). The molecule has 0 bridgehead atoms. The molecule has 0 aliphatic carbocycles. The van der Waals surface area contributed by atoms with Crippen LogP contribution in [0, 0.1) is 11.8 Å². The highest BCUT2D eigenvalue weighted by atomic mass is 16.3. The Balaban J connectivity index is 2.32. The number of nitrogens with two attached hydrogens (primary N) is 1. The van der Waals surface area contributed by atoms with Crippen LogP contribution in [-0.4, -0.2) is 41.1 Å². The first kappa shape index (κ1) is 11.5. The zero-order chi connectivity index (χ0) is 10.9. The molecule has 14 heavy (non-hydrogen) atoms. The summed E-state index contributed by atoms with van der Waals surface area (Å²) in [6.07, 6.45) is 0. The van der Waals surface area contributed by atoms with Crippen molar-refractivity contribution in [2.24, 2.45) is 17.6 Å². The summed E-state index contributed by atoms with van der Waals surface area (Å²) in [7, 11) is 0. The van der Waals surface area contributed by atoms with Gasteiger partial charge in [-0.3, -0.25) is 9.69 Å². The van der Waals surface area contributed by atoms with Crippen LogP contribution in [0.5, 0.6) is 0 Å². The van der Waals surface area contributed by atoms with E-state index in [1.807, 2.05) is 20.8 Å². The normalized spacial score (nSPS) is 23.2. The van der Waals surface area contributed by atoms with Crippen LogP contribution in [0.15, 0.2) is 0 Å². The van der Waals surface area contributed by atoms with Gasteiger partial charge in [-0.1, -0.05) is 20.8 Å². The molecule has 0 saturated carbocycles. The Morgan fingerprint density at radius 3 is 2.36 bits per heavy atom. The number of nitrogens with zero attached hydrogens (tertiary/aromatic N) is 1. The molecule has 1 aliphatic rings. The molecule has 0 aromatic heterocycles. The third-order valence-corrected chi connectivity index (χ3v) is 3.09. The highest BCUT2D eigenvalue weighted by molar-refractivity contribution is 5.76. The number of β-amino-alcohol motifs (C(OH)–C–C–N with tert-alkyl or cyclic N) is 1. The molecule has 1 saturated heterocycles. The molecule has 1 heterocycles. The zero-order valence-electron chi connectivity index (χ0n) is 9.16. The predicted octanol–water partition coefficient (Wildman–Crippen LogP) is -0.189. The van der Waals surface area contributed by atoms with Crippen molar-refractivity contribution >= 4 is 5.91 Å². The lowest BCUT2D eigenvalue weighted by atomic mass is 9.82. The summed E-state index contributed by atoms with van der Waals surface area (Å²) in [5, 5.41) is 9.95. The third kappa shape index (κ3) is 2.25. The summed E-state index contributed by atoms with van der Waals surface area (Å²) in [5.74, 6) is -0.140. The highest BCUT2D eigenvalue weighted by Crippen LogP contribution is 2.28. The molecule has 82 valence electrons. The van der Waals surface area contributed by atoms with Crippen LogP contribution in [0.4, 0.5) is 0 Å². The van der Waals surface area contributed by atoms with Crippen LogP contribution < -0.4 is 5.73 Å². The second-order valence-electron chi connectivity index (χ2n) is 4.73. The van der Waals surface area contributed by atoms with E-state index < -0.39 is 5.60 Å². The van der Waals surface area contributed by atoms with Gasteiger partial charge in [0, 0.05) is 25.6 Å². The second-order valence-corrected chi connectivity index (χ2v) is 4.73. The Morgan fingerprint density at radius 2 is 2.00 bits per heavy atom. The van der Waals surface area contributed by atoms with E-state index in [0.717, 1.165) is 0 Å². The number of amides is 1. The molecule has 1 fully saturated rings. The lowest BCUT2D eigenvalue weighted by molar-refractivity contribution is -0.138. The van der Waals surface area contributed by atoms with E-state index in [4.69, 9.17) is 5.73 Å². The van der Waals surface area contributed by atoms with Crippen molar-refractivity contribution in [1.29, 1.82) is 0 Å². The van der Waals surface area contributed by atoms with Crippen LogP contribution in [0.2, 0.25) is 0 Å². The fraction of sp³-hybridized carbons (Fsp3) is 0.900. The van der Waals surface area contributed by atoms with Crippen molar-refractivity contribution in [2.45, 2.75) is 26.4 Å². The number of likely N-dealkylation sites (tertiary alicyclic amines) is 1. The van der Waals surface area contributed by atoms with Crippen molar-refractivity contribution in [3.05, 3.63) is 0 Å². The van der Waals surface area contributed by atoms with Gasteiger partial charge in [0.25, 0.3) is 0 Å². The van der Waals surface area contributed by atoms with Gasteiger partial charge in [0.15, 0.2) is 0 Å². The fourth-order valence-electron chi connectivity index (χ4n) is 1.70. The smallest absolute Gasteiger partial charge is 0.221 e. The van der Waals surface area contributed by atoms with Gasteiger partial charge in [0.05, 0.1) is 5.60 Å². The second kappa shape index (κ2) is 3.87.